The first-order valence-corrected chi connectivity index (χ1v) is 9.06. The third-order valence-corrected chi connectivity index (χ3v) is 4.60. The van der Waals surface area contributed by atoms with Gasteiger partial charge in [0.2, 0.25) is 0 Å². The highest BCUT2D eigenvalue weighted by Crippen LogP contribution is 2.28. The number of carbonyl (C=O) groups is 1. The molecule has 3 rings (SSSR count). The summed E-state index contributed by atoms with van der Waals surface area (Å²) in [6.07, 6.45) is 3.48. The van der Waals surface area contributed by atoms with Crippen LogP contribution in [0.15, 0.2) is 46.9 Å². The zero-order valence-corrected chi connectivity index (χ0v) is 15.7. The van der Waals surface area contributed by atoms with Gasteiger partial charge in [-0.1, -0.05) is 39.0 Å². The van der Waals surface area contributed by atoms with E-state index in [-0.39, 0.29) is 11.0 Å². The van der Waals surface area contributed by atoms with Crippen molar-refractivity contribution in [1.29, 1.82) is 5.26 Å². The Labute approximate surface area is 156 Å². The van der Waals surface area contributed by atoms with Gasteiger partial charge in [0, 0.05) is 16.4 Å². The lowest BCUT2D eigenvalue weighted by Gasteiger charge is -2.16. The minimum Gasteiger partial charge on any atom is -0.488 e. The minimum absolute atomic E-state index is 0.0201. The first-order valence-electron chi connectivity index (χ1n) is 8.18. The highest BCUT2D eigenvalue weighted by Gasteiger charge is 2.19. The van der Waals surface area contributed by atoms with E-state index in [2.05, 4.69) is 31.1 Å². The standard InChI is InChI=1S/C20H19N3O2S/c1-20(2,3)17-12-26-19(22-17)23-18(24)15(10-21)9-13-8-14-6-4-5-7-16(14)25-11-13/h4-9,12H,11H2,1-3H3,(H,22,23,24). The zero-order chi connectivity index (χ0) is 18.7. The highest BCUT2D eigenvalue weighted by atomic mass is 32.1. The summed E-state index contributed by atoms with van der Waals surface area (Å²) in [5, 5.41) is 14.5. The number of ether oxygens (including phenoxy) is 1. The van der Waals surface area contributed by atoms with Crippen LogP contribution in [0, 0.1) is 11.3 Å². The minimum atomic E-state index is -0.470. The van der Waals surface area contributed by atoms with Crippen molar-refractivity contribution in [2.75, 3.05) is 11.9 Å². The Kier molecular flexibility index (Phi) is 4.92. The fourth-order valence-corrected chi connectivity index (χ4v) is 3.32. The molecule has 1 aromatic heterocycles. The SMILES string of the molecule is CC(C)(C)c1csc(NC(=O)C(C#N)=CC2=Cc3ccccc3OC2)n1. The molecule has 1 aromatic carbocycles. The lowest BCUT2D eigenvalue weighted by atomic mass is 9.93. The summed E-state index contributed by atoms with van der Waals surface area (Å²) in [7, 11) is 0. The average molecular weight is 365 g/mol. The van der Waals surface area contributed by atoms with Gasteiger partial charge in [-0.15, -0.1) is 11.3 Å². The number of fused-ring (bicyclic) bond motifs is 1. The van der Waals surface area contributed by atoms with Crippen molar-refractivity contribution in [2.24, 2.45) is 0 Å². The van der Waals surface area contributed by atoms with Crippen LogP contribution >= 0.6 is 11.3 Å². The molecule has 1 N–H and O–H groups in total. The van der Waals surface area contributed by atoms with Crippen LogP contribution in [0.1, 0.15) is 32.0 Å². The number of carbonyl (C=O) groups excluding carboxylic acids is 1. The van der Waals surface area contributed by atoms with E-state index in [1.165, 1.54) is 11.3 Å². The van der Waals surface area contributed by atoms with Gasteiger partial charge in [-0.2, -0.15) is 5.26 Å². The van der Waals surface area contributed by atoms with Crippen LogP contribution in [0.4, 0.5) is 5.13 Å². The topological polar surface area (TPSA) is 75.0 Å². The molecule has 1 aliphatic rings. The molecule has 1 aliphatic heterocycles. The summed E-state index contributed by atoms with van der Waals surface area (Å²) >= 11 is 1.35. The number of nitrogens with zero attached hydrogens (tertiary/aromatic N) is 2. The third kappa shape index (κ3) is 4.01. The Morgan fingerprint density at radius 2 is 2.15 bits per heavy atom. The molecule has 5 nitrogen and oxygen atoms in total. The second-order valence-electron chi connectivity index (χ2n) is 6.96. The van der Waals surface area contributed by atoms with E-state index in [9.17, 15) is 10.1 Å². The molecule has 0 fully saturated rings. The molecule has 0 atom stereocenters. The maximum Gasteiger partial charge on any atom is 0.268 e. The fourth-order valence-electron chi connectivity index (χ4n) is 2.39. The summed E-state index contributed by atoms with van der Waals surface area (Å²) < 4.78 is 5.66. The van der Waals surface area contributed by atoms with Crippen molar-refractivity contribution in [3.05, 3.63) is 58.1 Å². The molecular formula is C20H19N3O2S. The normalized spacial score (nSPS) is 13.9. The monoisotopic (exact) mass is 365 g/mol. The van der Waals surface area contributed by atoms with Crippen molar-refractivity contribution in [3.63, 3.8) is 0 Å². The van der Waals surface area contributed by atoms with Crippen LogP contribution in [0.3, 0.4) is 0 Å². The number of hydrogen-bond donors (Lipinski definition) is 1. The first kappa shape index (κ1) is 17.9. The molecule has 0 saturated heterocycles. The Hall–Kier alpha value is -2.91. The Bertz CT molecular complexity index is 942. The molecule has 0 aliphatic carbocycles. The third-order valence-electron chi connectivity index (χ3n) is 3.84. The van der Waals surface area contributed by atoms with Crippen molar-refractivity contribution < 1.29 is 9.53 Å². The summed E-state index contributed by atoms with van der Waals surface area (Å²) in [5.41, 5.74) is 2.53. The maximum atomic E-state index is 12.4. The number of nitriles is 1. The van der Waals surface area contributed by atoms with Crippen LogP contribution in [0.5, 0.6) is 5.75 Å². The van der Waals surface area contributed by atoms with Crippen LogP contribution in [0.25, 0.3) is 6.08 Å². The molecule has 0 spiro atoms. The van der Waals surface area contributed by atoms with Gasteiger partial charge in [0.25, 0.3) is 5.91 Å². The highest BCUT2D eigenvalue weighted by molar-refractivity contribution is 7.14. The number of aromatic nitrogens is 1. The fraction of sp³-hybridized carbons (Fsp3) is 0.250. The van der Waals surface area contributed by atoms with E-state index in [4.69, 9.17) is 4.74 Å². The molecule has 0 radical (unpaired) electrons. The summed E-state index contributed by atoms with van der Waals surface area (Å²) in [6, 6.07) is 9.60. The number of amides is 1. The maximum absolute atomic E-state index is 12.4. The van der Waals surface area contributed by atoms with E-state index >= 15 is 0 Å². The predicted octanol–water partition coefficient (Wildman–Crippen LogP) is 4.31. The van der Waals surface area contributed by atoms with Crippen molar-refractivity contribution in [1.82, 2.24) is 4.98 Å². The number of nitrogens with one attached hydrogen (secondary N) is 1. The second kappa shape index (κ2) is 7.14. The van der Waals surface area contributed by atoms with Gasteiger partial charge >= 0.3 is 0 Å². The molecule has 1 amide bonds. The van der Waals surface area contributed by atoms with E-state index in [0.717, 1.165) is 22.6 Å². The lowest BCUT2D eigenvalue weighted by molar-refractivity contribution is -0.112. The lowest BCUT2D eigenvalue weighted by Crippen LogP contribution is -2.16. The molecule has 2 heterocycles. The number of thiazole rings is 1. The number of hydrogen-bond acceptors (Lipinski definition) is 5. The summed E-state index contributed by atoms with van der Waals surface area (Å²) in [5.74, 6) is 0.326. The van der Waals surface area contributed by atoms with Crippen LogP contribution in [-0.2, 0) is 10.2 Å². The summed E-state index contributed by atoms with van der Waals surface area (Å²) in [6.45, 7) is 6.49. The molecule has 0 saturated carbocycles. The number of benzene rings is 1. The van der Waals surface area contributed by atoms with E-state index < -0.39 is 5.91 Å². The van der Waals surface area contributed by atoms with Gasteiger partial charge in [-0.3, -0.25) is 10.1 Å². The number of anilines is 1. The smallest absolute Gasteiger partial charge is 0.268 e. The quantitative estimate of drug-likeness (QED) is 0.650. The van der Waals surface area contributed by atoms with Crippen LogP contribution < -0.4 is 10.1 Å². The van der Waals surface area contributed by atoms with Gasteiger partial charge in [-0.25, -0.2) is 4.98 Å². The molecule has 6 heteroatoms. The zero-order valence-electron chi connectivity index (χ0n) is 14.9. The van der Waals surface area contributed by atoms with Gasteiger partial charge in [-0.05, 0) is 23.8 Å². The van der Waals surface area contributed by atoms with Crippen LogP contribution in [0.2, 0.25) is 0 Å². The van der Waals surface area contributed by atoms with E-state index in [0.29, 0.717) is 11.7 Å². The van der Waals surface area contributed by atoms with Gasteiger partial charge in [0.15, 0.2) is 5.13 Å². The molecule has 2 aromatic rings. The van der Waals surface area contributed by atoms with E-state index in [1.807, 2.05) is 41.8 Å². The second-order valence-corrected chi connectivity index (χ2v) is 7.82. The summed E-state index contributed by atoms with van der Waals surface area (Å²) in [4.78, 5) is 16.8. The molecule has 0 bridgehead atoms. The predicted molar refractivity (Wildman–Crippen MR) is 103 cm³/mol. The van der Waals surface area contributed by atoms with Crippen LogP contribution in [-0.4, -0.2) is 17.5 Å². The average Bonchev–Trinajstić information content (AvgIpc) is 3.08. The van der Waals surface area contributed by atoms with Gasteiger partial charge < -0.3 is 4.74 Å². The van der Waals surface area contributed by atoms with Crippen molar-refractivity contribution in [2.45, 2.75) is 26.2 Å². The van der Waals surface area contributed by atoms with Crippen molar-refractivity contribution in [3.8, 4) is 11.8 Å². The Balaban J connectivity index is 1.78. The van der Waals surface area contributed by atoms with Gasteiger partial charge in [0.1, 0.15) is 24.0 Å². The number of para-hydroxylation sites is 1. The molecule has 26 heavy (non-hydrogen) atoms. The Morgan fingerprint density at radius 1 is 1.38 bits per heavy atom. The van der Waals surface area contributed by atoms with Crippen molar-refractivity contribution >= 4 is 28.5 Å². The molecule has 0 unspecified atom stereocenters. The first-order chi connectivity index (χ1) is 12.4. The van der Waals surface area contributed by atoms with Gasteiger partial charge in [0.05, 0.1) is 5.69 Å². The van der Waals surface area contributed by atoms with E-state index in [1.54, 1.807) is 6.08 Å². The molecular weight excluding hydrogens is 346 g/mol. The Morgan fingerprint density at radius 3 is 2.85 bits per heavy atom. The largest absolute Gasteiger partial charge is 0.488 e. The molecule has 132 valence electrons. The number of rotatable bonds is 3.